The average molecular weight is 500 g/mol. The third-order valence-electron chi connectivity index (χ3n) is 8.08. The number of ether oxygens (including phenoxy) is 2. The van der Waals surface area contributed by atoms with Crippen LogP contribution in [0.5, 0.6) is 5.75 Å². The van der Waals surface area contributed by atoms with Gasteiger partial charge in [0.25, 0.3) is 0 Å². The molecule has 196 valence electrons. The second-order valence-electron chi connectivity index (χ2n) is 10.3. The number of fused-ring (bicyclic) bond motifs is 2. The first-order valence-corrected chi connectivity index (χ1v) is 13.1. The molecule has 36 heavy (non-hydrogen) atoms. The normalized spacial score (nSPS) is 29.6. The smallest absolute Gasteiger partial charge is 0.247 e. The van der Waals surface area contributed by atoms with Gasteiger partial charge in [-0.05, 0) is 39.3 Å². The zero-order valence-corrected chi connectivity index (χ0v) is 21.1. The largest absolute Gasteiger partial charge is 0.493 e. The molecular weight excluding hydrogens is 462 g/mol. The van der Waals surface area contributed by atoms with Crippen molar-refractivity contribution in [3.8, 4) is 5.75 Å². The predicted molar refractivity (Wildman–Crippen MR) is 132 cm³/mol. The third-order valence-corrected chi connectivity index (χ3v) is 8.08. The van der Waals surface area contributed by atoms with Gasteiger partial charge in [0.2, 0.25) is 17.7 Å². The van der Waals surface area contributed by atoms with Gasteiger partial charge in [0.15, 0.2) is 0 Å². The fraction of sp³-hybridized carbons (Fsp3) is 0.654. The van der Waals surface area contributed by atoms with E-state index < -0.39 is 18.1 Å². The van der Waals surface area contributed by atoms with Gasteiger partial charge in [0.1, 0.15) is 17.8 Å². The summed E-state index contributed by atoms with van der Waals surface area (Å²) in [7, 11) is 1.72. The van der Waals surface area contributed by atoms with Crippen LogP contribution in [0.2, 0.25) is 0 Å². The number of hydrogen-bond donors (Lipinski definition) is 3. The first-order valence-electron chi connectivity index (χ1n) is 13.1. The number of carbonyl (C=O) groups is 3. The zero-order chi connectivity index (χ0) is 25.2. The number of nitrogens with zero attached hydrogens (tertiary/aromatic N) is 2. The minimum Gasteiger partial charge on any atom is -0.493 e. The fourth-order valence-electron chi connectivity index (χ4n) is 5.72. The molecule has 10 nitrogen and oxygen atoms in total. The molecule has 5 rings (SSSR count). The summed E-state index contributed by atoms with van der Waals surface area (Å²) in [5.74, 6) is 0.261. The fourth-order valence-corrected chi connectivity index (χ4v) is 5.72. The van der Waals surface area contributed by atoms with Crippen molar-refractivity contribution in [1.82, 2.24) is 25.8 Å². The summed E-state index contributed by atoms with van der Waals surface area (Å²) >= 11 is 0. The highest BCUT2D eigenvalue weighted by Gasteiger charge is 2.46. The van der Waals surface area contributed by atoms with Crippen molar-refractivity contribution < 1.29 is 23.9 Å². The van der Waals surface area contributed by atoms with E-state index in [1.807, 2.05) is 24.3 Å². The zero-order valence-electron chi connectivity index (χ0n) is 21.1. The Hall–Kier alpha value is -2.69. The van der Waals surface area contributed by atoms with E-state index in [1.54, 1.807) is 18.9 Å². The maximum Gasteiger partial charge on any atom is 0.247 e. The van der Waals surface area contributed by atoms with Crippen LogP contribution in [0.15, 0.2) is 24.3 Å². The van der Waals surface area contributed by atoms with E-state index in [9.17, 15) is 14.4 Å². The van der Waals surface area contributed by atoms with E-state index in [4.69, 9.17) is 9.47 Å². The Balaban J connectivity index is 1.34. The monoisotopic (exact) mass is 499 g/mol. The number of benzene rings is 1. The Morgan fingerprint density at radius 1 is 1.03 bits per heavy atom. The SMILES string of the molecule is CN[C@@H](C)C(=O)N[C@H]1CN(C2COC2)CC[C@H]2CC[C@@H](C(=O)N[C@@H]3CCOc4ccccc43)N2C1=O. The molecule has 4 aliphatic rings. The summed E-state index contributed by atoms with van der Waals surface area (Å²) in [6.07, 6.45) is 2.88. The van der Waals surface area contributed by atoms with E-state index in [-0.39, 0.29) is 35.8 Å². The van der Waals surface area contributed by atoms with Crippen LogP contribution in [-0.4, -0.2) is 97.7 Å². The van der Waals surface area contributed by atoms with Crippen molar-refractivity contribution in [3.63, 3.8) is 0 Å². The third kappa shape index (κ3) is 4.94. The summed E-state index contributed by atoms with van der Waals surface area (Å²) in [6, 6.07) is 6.17. The molecule has 4 heterocycles. The molecule has 0 bridgehead atoms. The number of carbonyl (C=O) groups excluding carboxylic acids is 3. The number of para-hydroxylation sites is 1. The standard InChI is InChI=1S/C26H37N5O5/c1-16(27-2)24(32)29-21-13-30(18-14-35-15-18)11-9-17-7-8-22(31(17)26(21)34)25(33)28-20-10-12-36-23-6-4-3-5-19(20)23/h3-6,16-18,20-22,27H,7-15H2,1-2H3,(H,28,33)(H,29,32)/t16-,17+,20+,21-,22-/m0/s1. The van der Waals surface area contributed by atoms with Crippen molar-refractivity contribution in [1.29, 1.82) is 0 Å². The van der Waals surface area contributed by atoms with E-state index >= 15 is 0 Å². The van der Waals surface area contributed by atoms with E-state index in [0.29, 0.717) is 39.2 Å². The molecule has 0 saturated carbocycles. The van der Waals surface area contributed by atoms with Gasteiger partial charge >= 0.3 is 0 Å². The van der Waals surface area contributed by atoms with E-state index in [1.165, 1.54) is 0 Å². The summed E-state index contributed by atoms with van der Waals surface area (Å²) in [5.41, 5.74) is 0.968. The summed E-state index contributed by atoms with van der Waals surface area (Å²) in [4.78, 5) is 44.3. The highest BCUT2D eigenvalue weighted by Crippen LogP contribution is 2.34. The molecule has 3 N–H and O–H groups in total. The van der Waals surface area contributed by atoms with E-state index in [0.717, 1.165) is 30.7 Å². The van der Waals surface area contributed by atoms with Crippen molar-refractivity contribution >= 4 is 17.7 Å². The van der Waals surface area contributed by atoms with Crippen LogP contribution in [0.25, 0.3) is 0 Å². The highest BCUT2D eigenvalue weighted by molar-refractivity contribution is 5.94. The minimum absolute atomic E-state index is 0.0276. The molecule has 0 aliphatic carbocycles. The molecule has 4 aliphatic heterocycles. The van der Waals surface area contributed by atoms with Gasteiger partial charge in [-0.25, -0.2) is 0 Å². The van der Waals surface area contributed by atoms with Gasteiger partial charge in [0, 0.05) is 31.1 Å². The lowest BCUT2D eigenvalue weighted by Gasteiger charge is -2.43. The quantitative estimate of drug-likeness (QED) is 0.512. The van der Waals surface area contributed by atoms with E-state index in [2.05, 4.69) is 20.9 Å². The molecule has 1 aromatic carbocycles. The predicted octanol–water partition coefficient (Wildman–Crippen LogP) is 0.183. The van der Waals surface area contributed by atoms with Gasteiger partial charge < -0.3 is 30.3 Å². The molecule has 0 aromatic heterocycles. The topological polar surface area (TPSA) is 112 Å². The Labute approximate surface area is 212 Å². The summed E-state index contributed by atoms with van der Waals surface area (Å²) in [6.45, 7) is 4.82. The minimum atomic E-state index is -0.714. The van der Waals surface area contributed by atoms with Gasteiger partial charge in [-0.15, -0.1) is 0 Å². The molecule has 5 atom stereocenters. The Morgan fingerprint density at radius 3 is 2.58 bits per heavy atom. The molecule has 0 spiro atoms. The van der Waals surface area contributed by atoms with Gasteiger partial charge in [-0.1, -0.05) is 18.2 Å². The molecule has 10 heteroatoms. The lowest BCUT2D eigenvalue weighted by atomic mass is 10.00. The van der Waals surface area contributed by atoms with Crippen LogP contribution in [0.4, 0.5) is 0 Å². The molecule has 3 amide bonds. The second kappa shape index (κ2) is 10.7. The Bertz CT molecular complexity index is 985. The molecule has 0 unspecified atom stereocenters. The van der Waals surface area contributed by atoms with Crippen LogP contribution in [0, 0.1) is 0 Å². The summed E-state index contributed by atoms with van der Waals surface area (Å²) in [5, 5.41) is 9.10. The Morgan fingerprint density at radius 2 is 1.83 bits per heavy atom. The maximum absolute atomic E-state index is 13.9. The van der Waals surface area contributed by atoms with Crippen LogP contribution in [-0.2, 0) is 19.1 Å². The average Bonchev–Trinajstić information content (AvgIpc) is 3.27. The van der Waals surface area contributed by atoms with Crippen molar-refractivity contribution in [2.24, 2.45) is 0 Å². The van der Waals surface area contributed by atoms with Crippen LogP contribution < -0.4 is 20.7 Å². The molecule has 3 saturated heterocycles. The second-order valence-corrected chi connectivity index (χ2v) is 10.3. The molecule has 0 radical (unpaired) electrons. The molecular formula is C26H37N5O5. The Kier molecular flexibility index (Phi) is 7.45. The molecule has 1 aromatic rings. The number of rotatable bonds is 6. The number of hydrogen-bond acceptors (Lipinski definition) is 7. The highest BCUT2D eigenvalue weighted by atomic mass is 16.5. The van der Waals surface area contributed by atoms with Gasteiger partial charge in [0.05, 0.1) is 37.9 Å². The summed E-state index contributed by atoms with van der Waals surface area (Å²) < 4.78 is 11.1. The first kappa shape index (κ1) is 25.0. The van der Waals surface area contributed by atoms with Crippen molar-refractivity contribution in [2.75, 3.05) is 40.0 Å². The molecule has 3 fully saturated rings. The van der Waals surface area contributed by atoms with Crippen molar-refractivity contribution in [3.05, 3.63) is 29.8 Å². The lowest BCUT2D eigenvalue weighted by molar-refractivity contribution is -0.147. The van der Waals surface area contributed by atoms with Gasteiger partial charge in [-0.3, -0.25) is 19.3 Å². The first-order chi connectivity index (χ1) is 17.5. The van der Waals surface area contributed by atoms with Gasteiger partial charge in [-0.2, -0.15) is 0 Å². The number of nitrogens with one attached hydrogen (secondary N) is 3. The maximum atomic E-state index is 13.9. The van der Waals surface area contributed by atoms with Crippen LogP contribution in [0.3, 0.4) is 0 Å². The van der Waals surface area contributed by atoms with Crippen LogP contribution in [0.1, 0.15) is 44.2 Å². The van der Waals surface area contributed by atoms with Crippen LogP contribution >= 0.6 is 0 Å². The number of amides is 3. The van der Waals surface area contributed by atoms with Crippen molar-refractivity contribution in [2.45, 2.75) is 68.9 Å². The number of likely N-dealkylation sites (N-methyl/N-ethyl adjacent to an activating group) is 1. The lowest BCUT2D eigenvalue weighted by Crippen LogP contribution is -2.64.